The van der Waals surface area contributed by atoms with Crippen LogP contribution in [0.25, 0.3) is 0 Å². The highest BCUT2D eigenvalue weighted by Gasteiger charge is 2.44. The molecule has 0 aromatic carbocycles. The number of rotatable bonds is 6. The lowest BCUT2D eigenvalue weighted by Gasteiger charge is -2.37. The summed E-state index contributed by atoms with van der Waals surface area (Å²) in [4.78, 5) is 22.8. The van der Waals surface area contributed by atoms with Gasteiger partial charge in [0, 0.05) is 12.8 Å². The third-order valence-electron chi connectivity index (χ3n) is 3.80. The zero-order valence-corrected chi connectivity index (χ0v) is 11.6. The van der Waals surface area contributed by atoms with Gasteiger partial charge >= 0.3 is 5.97 Å². The molecule has 102 valence electrons. The van der Waals surface area contributed by atoms with Crippen LogP contribution >= 0.6 is 0 Å². The molecule has 1 rings (SSSR count). The Bertz CT molecular complexity index is 347. The molecule has 0 aromatic heterocycles. The summed E-state index contributed by atoms with van der Waals surface area (Å²) in [6.07, 6.45) is 7.25. The Morgan fingerprint density at radius 2 is 2.11 bits per heavy atom. The molecule has 4 heteroatoms. The van der Waals surface area contributed by atoms with Crippen LogP contribution in [0.2, 0.25) is 0 Å². The molecule has 0 amide bonds. The number of Topliss-reactive ketones (excluding diaryl/α,β-unsaturated/α-hetero) is 1. The van der Waals surface area contributed by atoms with E-state index in [1.807, 2.05) is 14.1 Å². The standard InChI is InChI=1S/C14H23NO3/c1-4-5-6-7-11-12(8-9-13(11)16)15(2,3)10-14(17)18/h5-6,11-12H,4,7-10H2,1-3H3/p+1/b6-5-/t11-,12-/m0/s1. The number of ketones is 1. The van der Waals surface area contributed by atoms with Crippen LogP contribution in [0.3, 0.4) is 0 Å². The Labute approximate surface area is 109 Å². The molecule has 18 heavy (non-hydrogen) atoms. The van der Waals surface area contributed by atoms with Gasteiger partial charge in [0.25, 0.3) is 0 Å². The third kappa shape index (κ3) is 3.67. The molecule has 0 radical (unpaired) electrons. The van der Waals surface area contributed by atoms with Crippen molar-refractivity contribution in [1.29, 1.82) is 0 Å². The van der Waals surface area contributed by atoms with Gasteiger partial charge in [0.05, 0.1) is 26.1 Å². The fourth-order valence-corrected chi connectivity index (χ4v) is 2.89. The van der Waals surface area contributed by atoms with Gasteiger partial charge in [-0.3, -0.25) is 4.79 Å². The number of likely N-dealkylation sites (N-methyl/N-ethyl adjacent to an activating group) is 1. The van der Waals surface area contributed by atoms with E-state index in [4.69, 9.17) is 5.11 Å². The van der Waals surface area contributed by atoms with Crippen molar-refractivity contribution >= 4 is 11.8 Å². The van der Waals surface area contributed by atoms with Crippen LogP contribution in [0.15, 0.2) is 12.2 Å². The Kier molecular flexibility index (Phi) is 5.08. The summed E-state index contributed by atoms with van der Waals surface area (Å²) in [6.45, 7) is 2.14. The van der Waals surface area contributed by atoms with Crippen LogP contribution < -0.4 is 0 Å². The summed E-state index contributed by atoms with van der Waals surface area (Å²) >= 11 is 0. The van der Waals surface area contributed by atoms with E-state index >= 15 is 0 Å². The molecule has 2 atom stereocenters. The highest BCUT2D eigenvalue weighted by Crippen LogP contribution is 2.32. The molecular weight excluding hydrogens is 230 g/mol. The summed E-state index contributed by atoms with van der Waals surface area (Å²) < 4.78 is 0.395. The first-order valence-electron chi connectivity index (χ1n) is 6.60. The highest BCUT2D eigenvalue weighted by atomic mass is 16.4. The minimum absolute atomic E-state index is 0.0119. The molecule has 0 aliphatic heterocycles. The van der Waals surface area contributed by atoms with E-state index in [0.717, 1.165) is 19.3 Å². The van der Waals surface area contributed by atoms with Gasteiger partial charge in [-0.25, -0.2) is 4.79 Å². The Balaban J connectivity index is 2.76. The van der Waals surface area contributed by atoms with E-state index in [1.54, 1.807) is 0 Å². The highest BCUT2D eigenvalue weighted by molar-refractivity contribution is 5.84. The number of carboxylic acids is 1. The molecule has 0 unspecified atom stereocenters. The van der Waals surface area contributed by atoms with E-state index in [-0.39, 0.29) is 24.3 Å². The summed E-state index contributed by atoms with van der Waals surface area (Å²) in [6, 6.07) is 0.134. The Morgan fingerprint density at radius 3 is 2.67 bits per heavy atom. The molecule has 4 nitrogen and oxygen atoms in total. The molecule has 0 saturated heterocycles. The lowest BCUT2D eigenvalue weighted by molar-refractivity contribution is -0.910. The molecular formula is C14H24NO3+. The number of carboxylic acid groups (broad SMARTS) is 1. The number of hydrogen-bond donors (Lipinski definition) is 1. The third-order valence-corrected chi connectivity index (χ3v) is 3.80. The monoisotopic (exact) mass is 254 g/mol. The minimum Gasteiger partial charge on any atom is -0.477 e. The average Bonchev–Trinajstić information content (AvgIpc) is 2.60. The van der Waals surface area contributed by atoms with Gasteiger partial charge < -0.3 is 9.59 Å². The van der Waals surface area contributed by atoms with Crippen molar-refractivity contribution in [3.05, 3.63) is 12.2 Å². The molecule has 1 saturated carbocycles. The smallest absolute Gasteiger partial charge is 0.359 e. The van der Waals surface area contributed by atoms with Gasteiger partial charge in [-0.2, -0.15) is 0 Å². The van der Waals surface area contributed by atoms with Crippen LogP contribution in [0, 0.1) is 5.92 Å². The largest absolute Gasteiger partial charge is 0.477 e. The van der Waals surface area contributed by atoms with Crippen molar-refractivity contribution in [2.75, 3.05) is 20.6 Å². The first kappa shape index (κ1) is 14.9. The maximum Gasteiger partial charge on any atom is 0.359 e. The van der Waals surface area contributed by atoms with Crippen LogP contribution in [0.1, 0.15) is 32.6 Å². The van der Waals surface area contributed by atoms with Crippen LogP contribution in [-0.4, -0.2) is 48.0 Å². The predicted octanol–water partition coefficient (Wildman–Crippen LogP) is 1.85. The average molecular weight is 254 g/mol. The van der Waals surface area contributed by atoms with Crippen LogP contribution in [0.4, 0.5) is 0 Å². The SMILES string of the molecule is CC/C=C\C[C@@H]1C(=O)CC[C@@H]1[N+](C)(C)CC(=O)O. The van der Waals surface area contributed by atoms with Gasteiger partial charge in [0.2, 0.25) is 0 Å². The van der Waals surface area contributed by atoms with E-state index in [2.05, 4.69) is 19.1 Å². The van der Waals surface area contributed by atoms with Gasteiger partial charge in [-0.1, -0.05) is 19.1 Å². The summed E-state index contributed by atoms with van der Waals surface area (Å²) in [5.74, 6) is -0.526. The Hall–Kier alpha value is -1.16. The predicted molar refractivity (Wildman–Crippen MR) is 70.2 cm³/mol. The fraction of sp³-hybridized carbons (Fsp3) is 0.714. The second-order valence-electron chi connectivity index (χ2n) is 5.62. The van der Waals surface area contributed by atoms with Crippen LogP contribution in [0.5, 0.6) is 0 Å². The number of nitrogens with zero attached hydrogens (tertiary/aromatic N) is 1. The van der Waals surface area contributed by atoms with Crippen molar-refractivity contribution < 1.29 is 19.2 Å². The van der Waals surface area contributed by atoms with Crippen molar-refractivity contribution in [3.63, 3.8) is 0 Å². The van der Waals surface area contributed by atoms with E-state index in [9.17, 15) is 9.59 Å². The molecule has 1 aliphatic rings. The van der Waals surface area contributed by atoms with E-state index < -0.39 is 5.97 Å². The second kappa shape index (κ2) is 6.14. The first-order chi connectivity index (χ1) is 8.38. The van der Waals surface area contributed by atoms with Crippen molar-refractivity contribution in [2.24, 2.45) is 5.92 Å². The summed E-state index contributed by atoms with van der Waals surface area (Å²) in [5, 5.41) is 8.96. The molecule has 1 fully saturated rings. The second-order valence-corrected chi connectivity index (χ2v) is 5.62. The zero-order valence-electron chi connectivity index (χ0n) is 11.6. The minimum atomic E-state index is -0.804. The zero-order chi connectivity index (χ0) is 13.8. The lowest BCUT2D eigenvalue weighted by Crippen LogP contribution is -2.53. The van der Waals surface area contributed by atoms with Crippen LogP contribution in [-0.2, 0) is 9.59 Å². The molecule has 1 aliphatic carbocycles. The topological polar surface area (TPSA) is 54.4 Å². The number of hydrogen-bond acceptors (Lipinski definition) is 2. The van der Waals surface area contributed by atoms with Gasteiger partial charge in [-0.15, -0.1) is 0 Å². The quantitative estimate of drug-likeness (QED) is 0.581. The van der Waals surface area contributed by atoms with Crippen molar-refractivity contribution in [2.45, 2.75) is 38.6 Å². The Morgan fingerprint density at radius 1 is 1.44 bits per heavy atom. The van der Waals surface area contributed by atoms with Crippen molar-refractivity contribution in [3.8, 4) is 0 Å². The number of aliphatic carboxylic acids is 1. The number of allylic oxidation sites excluding steroid dienone is 2. The maximum absolute atomic E-state index is 11.9. The summed E-state index contributed by atoms with van der Waals surface area (Å²) in [5.41, 5.74) is 0. The van der Waals surface area contributed by atoms with Gasteiger partial charge in [-0.05, 0) is 12.8 Å². The summed E-state index contributed by atoms with van der Waals surface area (Å²) in [7, 11) is 3.82. The van der Waals surface area contributed by atoms with Gasteiger partial charge in [0.1, 0.15) is 5.78 Å². The van der Waals surface area contributed by atoms with E-state index in [1.165, 1.54) is 0 Å². The molecule has 0 bridgehead atoms. The number of carbonyl (C=O) groups is 2. The maximum atomic E-state index is 11.9. The lowest BCUT2D eigenvalue weighted by atomic mass is 9.95. The normalized spacial score (nSPS) is 24.9. The van der Waals surface area contributed by atoms with Gasteiger partial charge in [0.15, 0.2) is 6.54 Å². The first-order valence-corrected chi connectivity index (χ1v) is 6.60. The molecule has 0 heterocycles. The fourth-order valence-electron chi connectivity index (χ4n) is 2.89. The molecule has 0 spiro atoms. The van der Waals surface area contributed by atoms with Crippen molar-refractivity contribution in [1.82, 2.24) is 0 Å². The molecule has 1 N–H and O–H groups in total. The molecule has 0 aromatic rings. The van der Waals surface area contributed by atoms with E-state index in [0.29, 0.717) is 10.9 Å². The number of quaternary nitrogens is 1. The number of carbonyl (C=O) groups excluding carboxylic acids is 1.